The number of carbonyl (C=O) groups is 1. The molecular formula is C27H24F2O9S3. The second-order valence-corrected chi connectivity index (χ2v) is 9.87. The maximum absolute atomic E-state index is 13.7. The molecule has 0 fully saturated rings. The fourth-order valence-corrected chi connectivity index (χ4v) is 4.30. The molecule has 14 heteroatoms. The molecule has 0 radical (unpaired) electrons. The Kier molecular flexibility index (Phi) is 13.3. The van der Waals surface area contributed by atoms with Gasteiger partial charge in [0.05, 0.1) is 15.6 Å². The Morgan fingerprint density at radius 3 is 1.88 bits per heavy atom. The Morgan fingerprint density at radius 2 is 1.37 bits per heavy atom. The monoisotopic (exact) mass is 626 g/mol. The van der Waals surface area contributed by atoms with E-state index in [9.17, 15) is 23.5 Å². The molecule has 5 N–H and O–H groups in total. The second-order valence-electron chi connectivity index (χ2n) is 7.44. The molecule has 0 aliphatic heterocycles. The molecule has 0 saturated carbocycles. The second kappa shape index (κ2) is 15.6. The summed E-state index contributed by atoms with van der Waals surface area (Å²) in [4.78, 5) is 23.0. The standard InChI is InChI=1S/C13H7FO2S.C7H6O2S.C6H5FO.CH4.H2O4S/c14-8-5-6-9(15)13-11(8)12(16)7-3-1-2-4-10(7)17-13;8-7(9)5-3-1-2-4-6(5)10;7-5-1-3-6(8)4-2-5;;1-5(2,3)4/h1-6,15H;1-4,10H,(H,8,9);1-4,8H;1H4;(H2,1,2,3,4). The minimum atomic E-state index is -4.67. The van der Waals surface area contributed by atoms with Gasteiger partial charge in [0.2, 0.25) is 0 Å². The van der Waals surface area contributed by atoms with Crippen molar-refractivity contribution in [3.8, 4) is 11.5 Å². The molecule has 5 aromatic rings. The van der Waals surface area contributed by atoms with Crippen LogP contribution in [0.4, 0.5) is 8.78 Å². The van der Waals surface area contributed by atoms with E-state index in [1.54, 1.807) is 42.5 Å². The molecule has 218 valence electrons. The van der Waals surface area contributed by atoms with Crippen LogP contribution in [-0.2, 0) is 10.4 Å². The van der Waals surface area contributed by atoms with E-state index in [0.29, 0.717) is 15.0 Å². The summed E-state index contributed by atoms with van der Waals surface area (Å²) in [5, 5.41) is 27.2. The number of aromatic carboxylic acids is 1. The number of halogens is 2. The number of phenols is 2. The number of benzene rings is 4. The molecule has 0 atom stereocenters. The summed E-state index contributed by atoms with van der Waals surface area (Å²) >= 11 is 5.17. The van der Waals surface area contributed by atoms with Crippen molar-refractivity contribution < 1.29 is 46.4 Å². The van der Waals surface area contributed by atoms with Gasteiger partial charge in [-0.2, -0.15) is 8.42 Å². The van der Waals surface area contributed by atoms with Gasteiger partial charge in [-0.05, 0) is 60.7 Å². The van der Waals surface area contributed by atoms with Crippen LogP contribution in [0, 0.1) is 11.6 Å². The predicted octanol–water partition coefficient (Wildman–Crippen LogP) is 6.45. The van der Waals surface area contributed by atoms with Crippen molar-refractivity contribution in [2.24, 2.45) is 0 Å². The number of phenolic OH excluding ortho intramolecular Hbond substituents is 2. The fraction of sp³-hybridized carbons (Fsp3) is 0.0370. The summed E-state index contributed by atoms with van der Waals surface area (Å²) in [6, 6.07) is 21.0. The van der Waals surface area contributed by atoms with Gasteiger partial charge in [-0.3, -0.25) is 13.9 Å². The minimum Gasteiger partial charge on any atom is -0.508 e. The molecule has 4 aromatic carbocycles. The van der Waals surface area contributed by atoms with Gasteiger partial charge in [0.1, 0.15) is 23.1 Å². The molecule has 41 heavy (non-hydrogen) atoms. The van der Waals surface area contributed by atoms with Crippen molar-refractivity contribution in [2.45, 2.75) is 12.3 Å². The van der Waals surface area contributed by atoms with Gasteiger partial charge in [0.15, 0.2) is 5.43 Å². The van der Waals surface area contributed by atoms with Crippen LogP contribution in [0.3, 0.4) is 0 Å². The molecule has 0 aliphatic rings. The molecule has 0 bridgehead atoms. The van der Waals surface area contributed by atoms with Gasteiger partial charge in [-0.15, -0.1) is 24.0 Å². The average molecular weight is 627 g/mol. The molecule has 9 nitrogen and oxygen atoms in total. The molecule has 0 saturated heterocycles. The molecule has 5 rings (SSSR count). The number of aromatic hydroxyl groups is 2. The summed E-state index contributed by atoms with van der Waals surface area (Å²) in [5.74, 6) is -1.83. The van der Waals surface area contributed by atoms with Crippen LogP contribution in [0.1, 0.15) is 17.8 Å². The molecule has 1 aromatic heterocycles. The Bertz CT molecular complexity index is 1760. The largest absolute Gasteiger partial charge is 0.508 e. The van der Waals surface area contributed by atoms with E-state index in [1.165, 1.54) is 47.7 Å². The number of carboxylic acid groups (broad SMARTS) is 1. The number of thiol groups is 1. The lowest BCUT2D eigenvalue weighted by molar-refractivity contribution is 0.0693. The Labute approximate surface area is 242 Å². The van der Waals surface area contributed by atoms with Crippen LogP contribution in [0.25, 0.3) is 20.2 Å². The summed E-state index contributed by atoms with van der Waals surface area (Å²) in [6.07, 6.45) is 0. The zero-order valence-electron chi connectivity index (χ0n) is 20.0. The summed E-state index contributed by atoms with van der Waals surface area (Å²) in [7, 11) is -4.67. The first-order valence-electron chi connectivity index (χ1n) is 10.7. The third-order valence-electron chi connectivity index (χ3n) is 4.62. The van der Waals surface area contributed by atoms with Gasteiger partial charge >= 0.3 is 16.4 Å². The van der Waals surface area contributed by atoms with Crippen molar-refractivity contribution in [2.75, 3.05) is 0 Å². The van der Waals surface area contributed by atoms with E-state index in [4.69, 9.17) is 27.7 Å². The zero-order valence-corrected chi connectivity index (χ0v) is 22.5. The fourth-order valence-electron chi connectivity index (χ4n) is 2.95. The number of fused-ring (bicyclic) bond motifs is 2. The van der Waals surface area contributed by atoms with E-state index in [2.05, 4.69) is 12.6 Å². The lowest BCUT2D eigenvalue weighted by atomic mass is 10.1. The van der Waals surface area contributed by atoms with Crippen molar-refractivity contribution in [3.63, 3.8) is 0 Å². The van der Waals surface area contributed by atoms with E-state index in [0.717, 1.165) is 10.8 Å². The van der Waals surface area contributed by atoms with Crippen LogP contribution in [0.15, 0.2) is 94.6 Å². The first-order chi connectivity index (χ1) is 18.7. The molecular weight excluding hydrogens is 602 g/mol. The van der Waals surface area contributed by atoms with Crippen molar-refractivity contribution in [1.29, 1.82) is 0 Å². The highest BCUT2D eigenvalue weighted by molar-refractivity contribution is 7.80. The first-order valence-corrected chi connectivity index (χ1v) is 13.3. The SMILES string of the molecule is C.O=C(O)c1ccccc1S.O=S(=O)(O)O.O=c1c2ccccc2sc2c(O)ccc(F)c12.Oc1ccc(F)cc1. The van der Waals surface area contributed by atoms with Crippen molar-refractivity contribution >= 4 is 60.5 Å². The number of hydrogen-bond donors (Lipinski definition) is 6. The van der Waals surface area contributed by atoms with Gasteiger partial charge in [-0.25, -0.2) is 13.6 Å². The Hall–Kier alpha value is -4.08. The smallest absolute Gasteiger partial charge is 0.394 e. The van der Waals surface area contributed by atoms with E-state index in [-0.39, 0.29) is 41.1 Å². The highest BCUT2D eigenvalue weighted by Crippen LogP contribution is 2.32. The maximum Gasteiger partial charge on any atom is 0.394 e. The quantitative estimate of drug-likeness (QED) is 0.0696. The van der Waals surface area contributed by atoms with Gasteiger partial charge in [-0.1, -0.05) is 31.7 Å². The summed E-state index contributed by atoms with van der Waals surface area (Å²) in [5.41, 5.74) is -0.131. The van der Waals surface area contributed by atoms with Crippen LogP contribution in [0.2, 0.25) is 0 Å². The molecule has 0 amide bonds. The number of carboxylic acids is 1. The van der Waals surface area contributed by atoms with Gasteiger partial charge in [0.25, 0.3) is 0 Å². The van der Waals surface area contributed by atoms with Crippen molar-refractivity contribution in [3.05, 3.63) is 112 Å². The topological polar surface area (TPSA) is 169 Å². The summed E-state index contributed by atoms with van der Waals surface area (Å²) in [6.45, 7) is 0. The average Bonchev–Trinajstić information content (AvgIpc) is 2.88. The molecule has 0 aliphatic carbocycles. The molecule has 0 spiro atoms. The zero-order chi connectivity index (χ0) is 30.0. The Balaban J connectivity index is 0.000000301. The van der Waals surface area contributed by atoms with Gasteiger partial charge < -0.3 is 15.3 Å². The number of hydrogen-bond acceptors (Lipinski definition) is 8. The molecule has 0 unspecified atom stereocenters. The highest BCUT2D eigenvalue weighted by atomic mass is 32.3. The molecule has 1 heterocycles. The van der Waals surface area contributed by atoms with Crippen LogP contribution < -0.4 is 5.43 Å². The van der Waals surface area contributed by atoms with Crippen LogP contribution in [-0.4, -0.2) is 38.8 Å². The predicted molar refractivity (Wildman–Crippen MR) is 157 cm³/mol. The lowest BCUT2D eigenvalue weighted by Crippen LogP contribution is -2.02. The van der Waals surface area contributed by atoms with E-state index >= 15 is 0 Å². The van der Waals surface area contributed by atoms with Crippen LogP contribution >= 0.6 is 24.0 Å². The number of rotatable bonds is 1. The Morgan fingerprint density at radius 1 is 0.829 bits per heavy atom. The summed E-state index contributed by atoms with van der Waals surface area (Å²) < 4.78 is 58.3. The van der Waals surface area contributed by atoms with Crippen molar-refractivity contribution in [1.82, 2.24) is 0 Å². The minimum absolute atomic E-state index is 0. The third kappa shape index (κ3) is 11.1. The lowest BCUT2D eigenvalue weighted by Gasteiger charge is -2.03. The highest BCUT2D eigenvalue weighted by Gasteiger charge is 2.12. The van der Waals surface area contributed by atoms with E-state index < -0.39 is 22.2 Å². The van der Waals surface area contributed by atoms with E-state index in [1.807, 2.05) is 0 Å². The third-order valence-corrected chi connectivity index (χ3v) is 6.20. The first kappa shape index (κ1) is 34.9. The van der Waals surface area contributed by atoms with Crippen LogP contribution in [0.5, 0.6) is 11.5 Å². The normalized spacial score (nSPS) is 10.1. The van der Waals surface area contributed by atoms with Gasteiger partial charge in [0, 0.05) is 15.0 Å². The maximum atomic E-state index is 13.7.